The van der Waals surface area contributed by atoms with Crippen molar-refractivity contribution < 1.29 is 19.8 Å². The van der Waals surface area contributed by atoms with E-state index in [1.807, 2.05) is 6.92 Å². The maximum Gasteiger partial charge on any atom is 0.335 e. The molecule has 0 aliphatic heterocycles. The second-order valence-corrected chi connectivity index (χ2v) is 4.35. The SMILES string of the molecule is Cc1ccc(C(=O)O)cc1Nc1cccc(C(=O)O)c1. The first-order valence-corrected chi connectivity index (χ1v) is 5.91. The van der Waals surface area contributed by atoms with Crippen molar-refractivity contribution in [3.05, 3.63) is 59.2 Å². The molecule has 0 aliphatic carbocycles. The predicted octanol–water partition coefficient (Wildman–Crippen LogP) is 3.14. The van der Waals surface area contributed by atoms with Gasteiger partial charge in [-0.05, 0) is 42.8 Å². The van der Waals surface area contributed by atoms with Crippen molar-refractivity contribution in [1.82, 2.24) is 0 Å². The molecule has 0 bridgehead atoms. The number of hydrogen-bond donors (Lipinski definition) is 3. The molecular weight excluding hydrogens is 258 g/mol. The molecule has 0 aromatic heterocycles. The average Bonchev–Trinajstić information content (AvgIpc) is 2.41. The zero-order valence-corrected chi connectivity index (χ0v) is 10.8. The number of carboxylic acids is 2. The summed E-state index contributed by atoms with van der Waals surface area (Å²) >= 11 is 0. The highest BCUT2D eigenvalue weighted by Gasteiger charge is 2.08. The molecule has 2 rings (SSSR count). The fourth-order valence-corrected chi connectivity index (χ4v) is 1.78. The van der Waals surface area contributed by atoms with E-state index in [1.54, 1.807) is 18.2 Å². The molecule has 0 saturated heterocycles. The van der Waals surface area contributed by atoms with Gasteiger partial charge in [-0.15, -0.1) is 0 Å². The first-order chi connectivity index (χ1) is 9.47. The Labute approximate surface area is 115 Å². The molecule has 2 aromatic rings. The number of aromatic carboxylic acids is 2. The van der Waals surface area contributed by atoms with Crippen molar-refractivity contribution in [2.45, 2.75) is 6.92 Å². The number of hydrogen-bond acceptors (Lipinski definition) is 3. The number of nitrogens with one attached hydrogen (secondary N) is 1. The highest BCUT2D eigenvalue weighted by Crippen LogP contribution is 2.22. The Balaban J connectivity index is 2.34. The Bertz CT molecular complexity index is 679. The zero-order valence-electron chi connectivity index (χ0n) is 10.8. The number of aryl methyl sites for hydroxylation is 1. The molecule has 20 heavy (non-hydrogen) atoms. The van der Waals surface area contributed by atoms with Crippen LogP contribution in [0.3, 0.4) is 0 Å². The summed E-state index contributed by atoms with van der Waals surface area (Å²) in [6.45, 7) is 1.84. The molecule has 3 N–H and O–H groups in total. The van der Waals surface area contributed by atoms with Crippen LogP contribution >= 0.6 is 0 Å². The number of benzene rings is 2. The maximum atomic E-state index is 11.0. The van der Waals surface area contributed by atoms with Crippen molar-refractivity contribution in [2.24, 2.45) is 0 Å². The van der Waals surface area contributed by atoms with Crippen LogP contribution in [0.15, 0.2) is 42.5 Å². The molecule has 2 aromatic carbocycles. The van der Waals surface area contributed by atoms with Crippen LogP contribution in [0.1, 0.15) is 26.3 Å². The summed E-state index contributed by atoms with van der Waals surface area (Å²) in [5, 5.41) is 21.0. The molecule has 0 atom stereocenters. The Morgan fingerprint density at radius 1 is 0.950 bits per heavy atom. The quantitative estimate of drug-likeness (QED) is 0.795. The lowest BCUT2D eigenvalue weighted by atomic mass is 10.1. The van der Waals surface area contributed by atoms with Crippen molar-refractivity contribution in [3.63, 3.8) is 0 Å². The molecular formula is C15H13NO4. The standard InChI is InChI=1S/C15H13NO4/c1-9-5-6-11(15(19)20)8-13(9)16-12-4-2-3-10(7-12)14(17)18/h2-8,16H,1H3,(H,17,18)(H,19,20). The van der Waals surface area contributed by atoms with E-state index in [0.29, 0.717) is 11.4 Å². The monoisotopic (exact) mass is 271 g/mol. The lowest BCUT2D eigenvalue weighted by Gasteiger charge is -2.11. The smallest absolute Gasteiger partial charge is 0.335 e. The van der Waals surface area contributed by atoms with Gasteiger partial charge in [-0.1, -0.05) is 12.1 Å². The Morgan fingerprint density at radius 2 is 1.60 bits per heavy atom. The van der Waals surface area contributed by atoms with Crippen molar-refractivity contribution in [1.29, 1.82) is 0 Å². The second kappa shape index (κ2) is 5.44. The molecule has 5 heteroatoms. The van der Waals surface area contributed by atoms with Crippen LogP contribution < -0.4 is 5.32 Å². The molecule has 0 heterocycles. The van der Waals surface area contributed by atoms with Crippen LogP contribution in [0.4, 0.5) is 11.4 Å². The van der Waals surface area contributed by atoms with Gasteiger partial charge in [0, 0.05) is 11.4 Å². The summed E-state index contributed by atoms with van der Waals surface area (Å²) < 4.78 is 0. The molecule has 102 valence electrons. The molecule has 0 spiro atoms. The van der Waals surface area contributed by atoms with Crippen LogP contribution in [0.5, 0.6) is 0 Å². The van der Waals surface area contributed by atoms with E-state index >= 15 is 0 Å². The van der Waals surface area contributed by atoms with Crippen LogP contribution in [0.2, 0.25) is 0 Å². The first-order valence-electron chi connectivity index (χ1n) is 5.91. The summed E-state index contributed by atoms with van der Waals surface area (Å²) in [5.41, 5.74) is 2.44. The van der Waals surface area contributed by atoms with Crippen molar-refractivity contribution in [3.8, 4) is 0 Å². The molecule has 0 radical (unpaired) electrons. The minimum Gasteiger partial charge on any atom is -0.478 e. The van der Waals surface area contributed by atoms with E-state index in [2.05, 4.69) is 5.32 Å². The van der Waals surface area contributed by atoms with Crippen molar-refractivity contribution >= 4 is 23.3 Å². The average molecular weight is 271 g/mol. The first kappa shape index (κ1) is 13.6. The Morgan fingerprint density at radius 3 is 2.25 bits per heavy atom. The summed E-state index contributed by atoms with van der Waals surface area (Å²) in [5.74, 6) is -2.02. The van der Waals surface area contributed by atoms with E-state index in [4.69, 9.17) is 10.2 Å². The molecule has 0 aliphatic rings. The maximum absolute atomic E-state index is 11.0. The summed E-state index contributed by atoms with van der Waals surface area (Å²) in [4.78, 5) is 21.9. The predicted molar refractivity (Wildman–Crippen MR) is 74.8 cm³/mol. The van der Waals surface area contributed by atoms with E-state index < -0.39 is 11.9 Å². The third-order valence-corrected chi connectivity index (χ3v) is 2.87. The van der Waals surface area contributed by atoms with Crippen LogP contribution in [0.25, 0.3) is 0 Å². The van der Waals surface area contributed by atoms with Crippen LogP contribution in [-0.4, -0.2) is 22.2 Å². The van der Waals surface area contributed by atoms with E-state index in [0.717, 1.165) is 5.56 Å². The molecule has 0 unspecified atom stereocenters. The lowest BCUT2D eigenvalue weighted by Crippen LogP contribution is -2.01. The largest absolute Gasteiger partial charge is 0.478 e. The number of carbonyl (C=O) groups is 2. The number of rotatable bonds is 4. The minimum absolute atomic E-state index is 0.169. The van der Waals surface area contributed by atoms with Gasteiger partial charge in [-0.2, -0.15) is 0 Å². The summed E-state index contributed by atoms with van der Waals surface area (Å²) in [7, 11) is 0. The van der Waals surface area contributed by atoms with Gasteiger partial charge >= 0.3 is 11.9 Å². The Kier molecular flexibility index (Phi) is 3.70. The molecule has 0 amide bonds. The van der Waals surface area contributed by atoms with Crippen LogP contribution in [-0.2, 0) is 0 Å². The fourth-order valence-electron chi connectivity index (χ4n) is 1.78. The third kappa shape index (κ3) is 2.95. The van der Waals surface area contributed by atoms with Crippen LogP contribution in [0, 0.1) is 6.92 Å². The molecule has 0 fully saturated rings. The van der Waals surface area contributed by atoms with Gasteiger partial charge in [0.05, 0.1) is 11.1 Å². The van der Waals surface area contributed by atoms with E-state index in [1.165, 1.54) is 24.3 Å². The zero-order chi connectivity index (χ0) is 14.7. The topological polar surface area (TPSA) is 86.6 Å². The fraction of sp³-hybridized carbons (Fsp3) is 0.0667. The van der Waals surface area contributed by atoms with E-state index in [-0.39, 0.29) is 11.1 Å². The second-order valence-electron chi connectivity index (χ2n) is 4.35. The highest BCUT2D eigenvalue weighted by atomic mass is 16.4. The number of anilines is 2. The van der Waals surface area contributed by atoms with Gasteiger partial charge in [0.1, 0.15) is 0 Å². The van der Waals surface area contributed by atoms with Gasteiger partial charge in [0.2, 0.25) is 0 Å². The lowest BCUT2D eigenvalue weighted by molar-refractivity contribution is 0.0686. The Hall–Kier alpha value is -2.82. The number of carboxylic acid groups (broad SMARTS) is 2. The minimum atomic E-state index is -1.01. The van der Waals surface area contributed by atoms with Gasteiger partial charge in [-0.3, -0.25) is 0 Å². The third-order valence-electron chi connectivity index (χ3n) is 2.87. The highest BCUT2D eigenvalue weighted by molar-refractivity contribution is 5.90. The van der Waals surface area contributed by atoms with Gasteiger partial charge in [0.15, 0.2) is 0 Å². The summed E-state index contributed by atoms with van der Waals surface area (Å²) in [6, 6.07) is 11.1. The van der Waals surface area contributed by atoms with Gasteiger partial charge in [-0.25, -0.2) is 9.59 Å². The van der Waals surface area contributed by atoms with Crippen molar-refractivity contribution in [2.75, 3.05) is 5.32 Å². The summed E-state index contributed by atoms with van der Waals surface area (Å²) in [6.07, 6.45) is 0. The van der Waals surface area contributed by atoms with Gasteiger partial charge in [0.25, 0.3) is 0 Å². The van der Waals surface area contributed by atoms with E-state index in [9.17, 15) is 9.59 Å². The van der Waals surface area contributed by atoms with Gasteiger partial charge < -0.3 is 15.5 Å². The molecule has 5 nitrogen and oxygen atoms in total. The molecule has 0 saturated carbocycles. The normalized spacial score (nSPS) is 10.1.